The van der Waals surface area contributed by atoms with Crippen molar-refractivity contribution >= 4 is 30.4 Å². The summed E-state index contributed by atoms with van der Waals surface area (Å²) < 4.78 is 0. The molecule has 0 spiro atoms. The molecule has 0 saturated carbocycles. The zero-order valence-corrected chi connectivity index (χ0v) is 26.2. The number of hydrogen-bond acceptors (Lipinski definition) is 6. The predicted octanol–water partition coefficient (Wildman–Crippen LogP) is 8.52. The molecule has 1 aromatic carbocycles. The van der Waals surface area contributed by atoms with Gasteiger partial charge in [-0.05, 0) is 48.0 Å². The van der Waals surface area contributed by atoms with Crippen molar-refractivity contribution in [2.45, 2.75) is 39.5 Å². The molecule has 224 valence electrons. The second kappa shape index (κ2) is 15.0. The van der Waals surface area contributed by atoms with E-state index >= 15 is 0 Å². The number of nitrogens with zero attached hydrogens (tertiary/aromatic N) is 4. The third-order valence-corrected chi connectivity index (χ3v) is 7.39. The van der Waals surface area contributed by atoms with Crippen LogP contribution in [0.15, 0.2) is 125 Å². The average molecular weight is 583 g/mol. The summed E-state index contributed by atoms with van der Waals surface area (Å²) in [7, 11) is 0. The first-order chi connectivity index (χ1) is 21.3. The Bertz CT molecular complexity index is 1620. The van der Waals surface area contributed by atoms with Gasteiger partial charge in [-0.1, -0.05) is 101 Å². The number of rotatable bonds is 10. The minimum absolute atomic E-state index is 0.274. The van der Waals surface area contributed by atoms with Crippen LogP contribution in [0.4, 0.5) is 0 Å². The number of benzene rings is 1. The van der Waals surface area contributed by atoms with E-state index in [0.717, 1.165) is 57.3 Å². The summed E-state index contributed by atoms with van der Waals surface area (Å²) in [6, 6.07) is 12.6. The number of allylic oxidation sites excluding steroid dienone is 10. The molecule has 4 rings (SSSR count). The number of hydrogen-bond donors (Lipinski definition) is 2. The molecule has 0 fully saturated rings. The third-order valence-electron chi connectivity index (χ3n) is 7.39. The molecule has 2 aromatic rings. The Kier molecular flexibility index (Phi) is 10.9. The number of nitrogens with one attached hydrogen (secondary N) is 2. The van der Waals surface area contributed by atoms with Crippen molar-refractivity contribution in [1.82, 2.24) is 9.88 Å². The molecule has 6 heteroatoms. The summed E-state index contributed by atoms with van der Waals surface area (Å²) in [4.78, 5) is 16.7. The Hall–Kier alpha value is -4.97. The van der Waals surface area contributed by atoms with Gasteiger partial charge in [0.1, 0.15) is 0 Å². The average Bonchev–Trinajstić information content (AvgIpc) is 3.04. The fraction of sp³-hybridized carbons (Fsp3) is 0.237. The largest absolute Gasteiger partial charge is 0.341 e. The molecule has 6 nitrogen and oxygen atoms in total. The van der Waals surface area contributed by atoms with E-state index in [1.54, 1.807) is 6.08 Å². The SMILES string of the molecule is C=N/C1=C(\N2C=CC=CC2)C(c2ccc(-c3cc(/C(C=N)=C/C(C)C)nc(C(C)(C)/C=C\C=N)c3)cc2)=NC/C=C\C=C/C1. The van der Waals surface area contributed by atoms with Crippen LogP contribution in [0, 0.1) is 16.7 Å². The van der Waals surface area contributed by atoms with Crippen molar-refractivity contribution in [2.24, 2.45) is 15.9 Å². The molecular weight excluding hydrogens is 540 g/mol. The highest BCUT2D eigenvalue weighted by Crippen LogP contribution is 2.32. The lowest BCUT2D eigenvalue weighted by Gasteiger charge is -2.27. The van der Waals surface area contributed by atoms with E-state index in [1.807, 2.05) is 30.4 Å². The van der Waals surface area contributed by atoms with Crippen molar-refractivity contribution in [3.05, 3.63) is 132 Å². The maximum Gasteiger partial charge on any atom is 0.0906 e. The topological polar surface area (TPSA) is 88.5 Å². The van der Waals surface area contributed by atoms with Crippen molar-refractivity contribution in [2.75, 3.05) is 13.1 Å². The second-order valence-electron chi connectivity index (χ2n) is 11.6. The van der Waals surface area contributed by atoms with Crippen LogP contribution in [-0.4, -0.2) is 47.8 Å². The normalized spacial score (nSPS) is 19.2. The first-order valence-electron chi connectivity index (χ1n) is 15.0. The fourth-order valence-corrected chi connectivity index (χ4v) is 5.09. The van der Waals surface area contributed by atoms with Gasteiger partial charge in [-0.25, -0.2) is 0 Å². The van der Waals surface area contributed by atoms with E-state index in [0.29, 0.717) is 13.0 Å². The van der Waals surface area contributed by atoms with Crippen LogP contribution in [0.25, 0.3) is 16.7 Å². The molecule has 0 bridgehead atoms. The van der Waals surface area contributed by atoms with Gasteiger partial charge in [0, 0.05) is 48.1 Å². The summed E-state index contributed by atoms with van der Waals surface area (Å²) in [5, 5.41) is 15.6. The summed E-state index contributed by atoms with van der Waals surface area (Å²) in [5.74, 6) is 0.274. The van der Waals surface area contributed by atoms with E-state index in [2.05, 4.69) is 111 Å². The summed E-state index contributed by atoms with van der Waals surface area (Å²) in [6.07, 6.45) is 25.6. The molecule has 1 aromatic heterocycles. The van der Waals surface area contributed by atoms with Crippen molar-refractivity contribution in [3.63, 3.8) is 0 Å². The molecule has 0 amide bonds. The van der Waals surface area contributed by atoms with Crippen LogP contribution in [-0.2, 0) is 5.41 Å². The molecular formula is C38H42N6. The van der Waals surface area contributed by atoms with Crippen LogP contribution in [0.3, 0.4) is 0 Å². The van der Waals surface area contributed by atoms with Gasteiger partial charge < -0.3 is 15.7 Å². The molecule has 2 aliphatic rings. The molecule has 0 radical (unpaired) electrons. The second-order valence-corrected chi connectivity index (χ2v) is 11.6. The minimum atomic E-state index is -0.413. The number of aliphatic imine (C=N–C) groups is 2. The van der Waals surface area contributed by atoms with Gasteiger partial charge in [-0.2, -0.15) is 0 Å². The van der Waals surface area contributed by atoms with Gasteiger partial charge in [0.05, 0.1) is 35.0 Å². The molecule has 0 aliphatic carbocycles. The van der Waals surface area contributed by atoms with E-state index < -0.39 is 5.41 Å². The molecule has 0 saturated heterocycles. The summed E-state index contributed by atoms with van der Waals surface area (Å²) >= 11 is 0. The lowest BCUT2D eigenvalue weighted by molar-refractivity contribution is 0.528. The maximum absolute atomic E-state index is 8.11. The van der Waals surface area contributed by atoms with Crippen molar-refractivity contribution in [3.8, 4) is 11.1 Å². The van der Waals surface area contributed by atoms with Crippen molar-refractivity contribution < 1.29 is 0 Å². The zero-order valence-electron chi connectivity index (χ0n) is 26.2. The van der Waals surface area contributed by atoms with E-state index in [-0.39, 0.29) is 5.92 Å². The summed E-state index contributed by atoms with van der Waals surface area (Å²) in [6.45, 7) is 13.6. The maximum atomic E-state index is 8.11. The lowest BCUT2D eigenvalue weighted by Crippen LogP contribution is -2.26. The van der Waals surface area contributed by atoms with Gasteiger partial charge in [-0.3, -0.25) is 15.0 Å². The van der Waals surface area contributed by atoms with Gasteiger partial charge in [0.25, 0.3) is 0 Å². The monoisotopic (exact) mass is 582 g/mol. The molecule has 2 N–H and O–H groups in total. The Balaban J connectivity index is 1.84. The Labute approximate surface area is 262 Å². The number of pyridine rings is 1. The molecule has 2 aliphatic heterocycles. The van der Waals surface area contributed by atoms with Crippen LogP contribution < -0.4 is 0 Å². The highest BCUT2D eigenvalue weighted by atomic mass is 15.1. The highest BCUT2D eigenvalue weighted by Gasteiger charge is 2.23. The standard InChI is InChI=1S/C38H42N6/c1-28(2)24-32(27-40)34-25-31(26-35(43-34)38(3,4)19-13-20-39)29-15-17-30(18-16-29)36-37(44-22-11-8-12-23-44)33(41-5)14-9-6-7-10-21-42-36/h6-13,15-20,22,24-28,39-40H,5,14,21,23H2,1-4H3/b9-6-,10-7-,19-13-,32-24+,37-33-,39-20?,40-27?,42-36?. The third kappa shape index (κ3) is 7.90. The Morgan fingerprint density at radius 3 is 2.36 bits per heavy atom. The number of aromatic nitrogens is 1. The van der Waals surface area contributed by atoms with E-state index in [1.165, 1.54) is 12.4 Å². The smallest absolute Gasteiger partial charge is 0.0906 e. The van der Waals surface area contributed by atoms with Crippen LogP contribution in [0.5, 0.6) is 0 Å². The highest BCUT2D eigenvalue weighted by molar-refractivity contribution is 6.13. The zero-order chi connectivity index (χ0) is 31.5. The fourth-order valence-electron chi connectivity index (χ4n) is 5.09. The Morgan fingerprint density at radius 1 is 0.977 bits per heavy atom. The van der Waals surface area contributed by atoms with Gasteiger partial charge in [-0.15, -0.1) is 0 Å². The molecule has 0 atom stereocenters. The molecule has 0 unspecified atom stereocenters. The minimum Gasteiger partial charge on any atom is -0.341 e. The van der Waals surface area contributed by atoms with E-state index in [9.17, 15) is 0 Å². The first-order valence-corrected chi connectivity index (χ1v) is 15.0. The van der Waals surface area contributed by atoms with E-state index in [4.69, 9.17) is 20.8 Å². The van der Waals surface area contributed by atoms with Crippen LogP contribution in [0.1, 0.15) is 51.1 Å². The molecule has 3 heterocycles. The van der Waals surface area contributed by atoms with Gasteiger partial charge in [0.2, 0.25) is 0 Å². The first kappa shape index (κ1) is 32.0. The summed E-state index contributed by atoms with van der Waals surface area (Å²) in [5.41, 5.74) is 7.75. The Morgan fingerprint density at radius 2 is 1.70 bits per heavy atom. The predicted molar refractivity (Wildman–Crippen MR) is 188 cm³/mol. The van der Waals surface area contributed by atoms with Crippen LogP contribution in [0.2, 0.25) is 0 Å². The van der Waals surface area contributed by atoms with Crippen molar-refractivity contribution in [1.29, 1.82) is 10.8 Å². The van der Waals surface area contributed by atoms with Gasteiger partial charge in [0.15, 0.2) is 0 Å². The van der Waals surface area contributed by atoms with Crippen LogP contribution >= 0.6 is 0 Å². The van der Waals surface area contributed by atoms with Gasteiger partial charge >= 0.3 is 0 Å². The lowest BCUT2D eigenvalue weighted by atomic mass is 9.86. The molecule has 44 heavy (non-hydrogen) atoms. The quantitative estimate of drug-likeness (QED) is 0.275.